The maximum absolute atomic E-state index is 13.0. The lowest BCUT2D eigenvalue weighted by Crippen LogP contribution is -2.16. The molecule has 12 heteroatoms. The fourth-order valence-corrected chi connectivity index (χ4v) is 4.08. The zero-order valence-electron chi connectivity index (χ0n) is 21.0. The van der Waals surface area contributed by atoms with Gasteiger partial charge in [-0.05, 0) is 74.6 Å². The molecular formula is C26H28F3N3O5S. The number of ether oxygens (including phenoxy) is 1. The Hall–Kier alpha value is -3.77. The summed E-state index contributed by atoms with van der Waals surface area (Å²) < 4.78 is 70.1. The fourth-order valence-electron chi connectivity index (χ4n) is 3.52. The van der Waals surface area contributed by atoms with Crippen molar-refractivity contribution in [3.05, 3.63) is 71.8 Å². The van der Waals surface area contributed by atoms with Gasteiger partial charge in [0, 0.05) is 23.4 Å². The molecule has 0 heterocycles. The number of nitrogens with one attached hydrogen (secondary N) is 2. The predicted molar refractivity (Wildman–Crippen MR) is 140 cm³/mol. The van der Waals surface area contributed by atoms with E-state index in [4.69, 9.17) is 4.74 Å². The van der Waals surface area contributed by atoms with Gasteiger partial charge in [0.2, 0.25) is 10.0 Å². The van der Waals surface area contributed by atoms with Crippen LogP contribution in [0.15, 0.2) is 60.7 Å². The summed E-state index contributed by atoms with van der Waals surface area (Å²) in [6, 6.07) is 13.1. The molecule has 3 aromatic carbocycles. The third-order valence-corrected chi connectivity index (χ3v) is 5.91. The maximum atomic E-state index is 13.0. The van der Waals surface area contributed by atoms with Gasteiger partial charge in [-0.25, -0.2) is 8.42 Å². The Labute approximate surface area is 219 Å². The van der Waals surface area contributed by atoms with Gasteiger partial charge in [-0.3, -0.25) is 9.52 Å². The Bertz CT molecular complexity index is 1390. The van der Waals surface area contributed by atoms with Crippen molar-refractivity contribution in [1.29, 1.82) is 0 Å². The number of nitrogens with zero attached hydrogens (tertiary/aromatic N) is 1. The average molecular weight is 552 g/mol. The summed E-state index contributed by atoms with van der Waals surface area (Å²) in [5.74, 6) is -0.540. The maximum Gasteiger partial charge on any atom is 0.416 e. The molecule has 0 fully saturated rings. The number of rotatable bonds is 10. The number of alkyl halides is 3. The number of carbonyl (C=O) groups excluding carboxylic acids is 1. The van der Waals surface area contributed by atoms with Gasteiger partial charge in [0.05, 0.1) is 24.1 Å². The predicted octanol–water partition coefficient (Wildman–Crippen LogP) is 5.03. The third-order valence-electron chi connectivity index (χ3n) is 5.32. The van der Waals surface area contributed by atoms with Crippen LogP contribution in [0.3, 0.4) is 0 Å². The van der Waals surface area contributed by atoms with Gasteiger partial charge in [0.1, 0.15) is 11.5 Å². The van der Waals surface area contributed by atoms with E-state index in [-0.39, 0.29) is 22.7 Å². The number of aromatic hydroxyl groups is 1. The number of hydrogen-bond donors (Lipinski definition) is 3. The molecule has 1 amide bonds. The van der Waals surface area contributed by atoms with Crippen molar-refractivity contribution in [3.8, 4) is 22.6 Å². The van der Waals surface area contributed by atoms with Crippen molar-refractivity contribution in [2.75, 3.05) is 43.5 Å². The van der Waals surface area contributed by atoms with Crippen molar-refractivity contribution in [1.82, 2.24) is 4.90 Å². The average Bonchev–Trinajstić information content (AvgIpc) is 2.82. The topological polar surface area (TPSA) is 108 Å². The SMILES string of the molecule is CN(C)CCCOc1cc(C(=O)Nc2ccc(O)c(NS(C)(=O)=O)c2)ccc1-c1ccc(C(F)(F)F)cc1. The summed E-state index contributed by atoms with van der Waals surface area (Å²) in [5, 5.41) is 12.5. The van der Waals surface area contributed by atoms with Crippen molar-refractivity contribution in [3.63, 3.8) is 0 Å². The first-order valence-corrected chi connectivity index (χ1v) is 13.3. The summed E-state index contributed by atoms with van der Waals surface area (Å²) >= 11 is 0. The smallest absolute Gasteiger partial charge is 0.416 e. The molecule has 0 spiro atoms. The van der Waals surface area contributed by atoms with Crippen LogP contribution in [0.5, 0.6) is 11.5 Å². The van der Waals surface area contributed by atoms with E-state index in [2.05, 4.69) is 10.0 Å². The molecule has 0 aromatic heterocycles. The van der Waals surface area contributed by atoms with Crippen LogP contribution in [0.25, 0.3) is 11.1 Å². The molecule has 3 aromatic rings. The highest BCUT2D eigenvalue weighted by Gasteiger charge is 2.30. The first-order valence-electron chi connectivity index (χ1n) is 11.4. The molecule has 0 aliphatic rings. The van der Waals surface area contributed by atoms with Crippen LogP contribution in [0, 0.1) is 0 Å². The molecular weight excluding hydrogens is 523 g/mol. The van der Waals surface area contributed by atoms with Crippen LogP contribution < -0.4 is 14.8 Å². The lowest BCUT2D eigenvalue weighted by molar-refractivity contribution is -0.137. The van der Waals surface area contributed by atoms with Crippen molar-refractivity contribution in [2.24, 2.45) is 0 Å². The van der Waals surface area contributed by atoms with Gasteiger partial charge >= 0.3 is 6.18 Å². The number of amides is 1. The van der Waals surface area contributed by atoms with E-state index < -0.39 is 27.7 Å². The van der Waals surface area contributed by atoms with E-state index >= 15 is 0 Å². The Balaban J connectivity index is 1.88. The number of anilines is 2. The molecule has 8 nitrogen and oxygen atoms in total. The second kappa shape index (κ2) is 11.7. The number of sulfonamides is 1. The van der Waals surface area contributed by atoms with E-state index in [1.54, 1.807) is 6.07 Å². The Morgan fingerprint density at radius 1 is 1.03 bits per heavy atom. The standard InChI is InChI=1S/C26H28F3N3O5S/c1-32(2)13-4-14-37-24-15-18(7-11-21(24)17-5-8-19(9-6-17)26(27,28)29)25(34)30-20-10-12-23(33)22(16-20)31-38(3,35)36/h5-12,15-16,31,33H,4,13-14H2,1-3H3,(H,30,34). The van der Waals surface area contributed by atoms with Crippen LogP contribution in [0.4, 0.5) is 24.5 Å². The Morgan fingerprint density at radius 2 is 1.71 bits per heavy atom. The van der Waals surface area contributed by atoms with E-state index in [1.807, 2.05) is 19.0 Å². The highest BCUT2D eigenvalue weighted by molar-refractivity contribution is 7.92. The van der Waals surface area contributed by atoms with Gasteiger partial charge in [-0.15, -0.1) is 0 Å². The monoisotopic (exact) mass is 551 g/mol. The first-order chi connectivity index (χ1) is 17.7. The number of hydrogen-bond acceptors (Lipinski definition) is 6. The zero-order valence-corrected chi connectivity index (χ0v) is 21.8. The normalized spacial score (nSPS) is 11.9. The van der Waals surface area contributed by atoms with E-state index in [1.165, 1.54) is 42.5 Å². The largest absolute Gasteiger partial charge is 0.506 e. The number of benzene rings is 3. The number of halogens is 3. The zero-order chi connectivity index (χ0) is 28.1. The van der Waals surface area contributed by atoms with Crippen LogP contribution in [0.2, 0.25) is 0 Å². The van der Waals surface area contributed by atoms with E-state index in [9.17, 15) is 31.5 Å². The third kappa shape index (κ3) is 8.12. The van der Waals surface area contributed by atoms with Crippen LogP contribution in [-0.2, 0) is 16.2 Å². The van der Waals surface area contributed by atoms with Crippen LogP contribution >= 0.6 is 0 Å². The van der Waals surface area contributed by atoms with Crippen LogP contribution in [-0.4, -0.2) is 57.8 Å². The number of carbonyl (C=O) groups is 1. The second-order valence-corrected chi connectivity index (χ2v) is 10.6. The summed E-state index contributed by atoms with van der Waals surface area (Å²) in [5.41, 5.74) is 0.553. The van der Waals surface area contributed by atoms with Gasteiger partial charge in [0.25, 0.3) is 5.91 Å². The summed E-state index contributed by atoms with van der Waals surface area (Å²) in [7, 11) is 0.165. The highest BCUT2D eigenvalue weighted by Crippen LogP contribution is 2.35. The minimum atomic E-state index is -4.46. The number of phenols is 1. The highest BCUT2D eigenvalue weighted by atomic mass is 32.2. The molecule has 3 N–H and O–H groups in total. The Kier molecular flexibility index (Phi) is 8.89. The molecule has 0 saturated carbocycles. The van der Waals surface area contributed by atoms with Gasteiger partial charge in [-0.1, -0.05) is 12.1 Å². The molecule has 0 aliphatic heterocycles. The molecule has 0 saturated heterocycles. The molecule has 0 atom stereocenters. The fraction of sp³-hybridized carbons (Fsp3) is 0.269. The lowest BCUT2D eigenvalue weighted by Gasteiger charge is -2.16. The molecule has 0 bridgehead atoms. The molecule has 0 radical (unpaired) electrons. The summed E-state index contributed by atoms with van der Waals surface area (Å²) in [6.07, 6.45) is -2.85. The van der Waals surface area contributed by atoms with E-state index in [0.29, 0.717) is 29.9 Å². The first kappa shape index (κ1) is 28.8. The van der Waals surface area contributed by atoms with Gasteiger partial charge in [-0.2, -0.15) is 13.2 Å². The van der Waals surface area contributed by atoms with Crippen molar-refractivity contribution < 1.29 is 36.2 Å². The molecule has 204 valence electrons. The van der Waals surface area contributed by atoms with Gasteiger partial charge in [0.15, 0.2) is 0 Å². The van der Waals surface area contributed by atoms with Gasteiger partial charge < -0.3 is 20.1 Å². The summed E-state index contributed by atoms with van der Waals surface area (Å²) in [4.78, 5) is 15.0. The second-order valence-electron chi connectivity index (χ2n) is 8.85. The minimum absolute atomic E-state index is 0.104. The quantitative estimate of drug-likeness (QED) is 0.185. The van der Waals surface area contributed by atoms with Crippen LogP contribution in [0.1, 0.15) is 22.3 Å². The van der Waals surface area contributed by atoms with Crippen molar-refractivity contribution in [2.45, 2.75) is 12.6 Å². The molecule has 3 rings (SSSR count). The van der Waals surface area contributed by atoms with Crippen molar-refractivity contribution >= 4 is 27.3 Å². The van der Waals surface area contributed by atoms with E-state index in [0.717, 1.165) is 24.9 Å². The molecule has 38 heavy (non-hydrogen) atoms. The summed E-state index contributed by atoms with van der Waals surface area (Å²) in [6.45, 7) is 1.07. The Morgan fingerprint density at radius 3 is 2.32 bits per heavy atom. The minimum Gasteiger partial charge on any atom is -0.506 e. The molecule has 0 unspecified atom stereocenters. The number of phenolic OH excluding ortho intramolecular Hbond substituents is 1. The lowest BCUT2D eigenvalue weighted by atomic mass is 10.0. The molecule has 0 aliphatic carbocycles.